The summed E-state index contributed by atoms with van der Waals surface area (Å²) in [5, 5.41) is 13.1. The third-order valence-electron chi connectivity index (χ3n) is 8.47. The maximum Gasteiger partial charge on any atom is 0.315 e. The second kappa shape index (κ2) is 17.3. The number of benzene rings is 2. The minimum atomic E-state index is -4.14. The number of unbranched alkanes of at least 4 members (excludes halogenated alkanes) is 2. The molecule has 4 amide bonds. The number of hydrogen-bond acceptors (Lipinski definition) is 10. The molecule has 2 heterocycles. The first-order valence-corrected chi connectivity index (χ1v) is 21.1. The number of fused-ring (bicyclic) bond motifs is 2. The molecule has 2 aromatic rings. The summed E-state index contributed by atoms with van der Waals surface area (Å²) in [5.74, 6) is 0.180. The topological polar surface area (TPSA) is 175 Å². The van der Waals surface area contributed by atoms with Crippen LogP contribution >= 0.6 is 11.8 Å². The average Bonchev–Trinajstić information content (AvgIpc) is 3.60. The number of sulfonamides is 1. The van der Waals surface area contributed by atoms with Crippen LogP contribution in [-0.4, -0.2) is 99.6 Å². The van der Waals surface area contributed by atoms with Crippen LogP contribution in [0.15, 0.2) is 41.3 Å². The predicted octanol–water partition coefficient (Wildman–Crippen LogP) is 1.99. The number of anilines is 1. The lowest BCUT2D eigenvalue weighted by molar-refractivity contribution is -0.123. The van der Waals surface area contributed by atoms with E-state index < -0.39 is 30.7 Å². The summed E-state index contributed by atoms with van der Waals surface area (Å²) in [6.07, 6.45) is 4.14. The normalized spacial score (nSPS) is 20.7. The van der Waals surface area contributed by atoms with E-state index in [0.29, 0.717) is 36.4 Å². The lowest BCUT2D eigenvalue weighted by Crippen LogP contribution is -2.47. The molecule has 2 saturated heterocycles. The molecule has 4 rings (SSSR count). The molecule has 0 saturated carbocycles. The number of nitrogens with zero attached hydrogens (tertiary/aromatic N) is 1. The van der Waals surface area contributed by atoms with E-state index in [1.54, 1.807) is 18.2 Å². The van der Waals surface area contributed by atoms with Crippen LogP contribution in [0.25, 0.3) is 10.8 Å². The van der Waals surface area contributed by atoms with Gasteiger partial charge in [0.25, 0.3) is 0 Å². The van der Waals surface area contributed by atoms with E-state index in [0.717, 1.165) is 36.1 Å². The van der Waals surface area contributed by atoms with Crippen molar-refractivity contribution < 1.29 is 31.2 Å². The summed E-state index contributed by atoms with van der Waals surface area (Å²) >= 11 is 6.73. The van der Waals surface area contributed by atoms with Crippen LogP contribution in [0.4, 0.5) is 10.5 Å². The molecule has 1 unspecified atom stereocenters. The van der Waals surface area contributed by atoms with E-state index >= 15 is 0 Å². The number of thioether (sulfide) groups is 1. The van der Waals surface area contributed by atoms with E-state index in [2.05, 4.69) is 26.0 Å². The molecule has 5 N–H and O–H groups in total. The molecule has 0 aromatic heterocycles. The fraction of sp³-hybridized carbons (Fsp3) is 0.581. The van der Waals surface area contributed by atoms with Crippen LogP contribution in [0.3, 0.4) is 0 Å². The zero-order valence-electron chi connectivity index (χ0n) is 27.5. The third kappa shape index (κ3) is 10.4. The van der Waals surface area contributed by atoms with Crippen LogP contribution in [0.1, 0.15) is 44.9 Å². The highest BCUT2D eigenvalue weighted by Gasteiger charge is 2.42. The molecule has 17 heteroatoms. The first-order valence-electron chi connectivity index (χ1n) is 16.0. The number of hydrogen-bond donors (Lipinski definition) is 5. The minimum absolute atomic E-state index is 0.0457. The molecular weight excluding hydrogens is 697 g/mol. The fourth-order valence-corrected chi connectivity index (χ4v) is 9.72. The Morgan fingerprint density at radius 2 is 1.77 bits per heavy atom. The second-order valence-corrected chi connectivity index (χ2v) is 18.5. The summed E-state index contributed by atoms with van der Waals surface area (Å²) in [7, 11) is -2.14. The Morgan fingerprint density at radius 1 is 1.02 bits per heavy atom. The minimum Gasteiger partial charge on any atom is -0.377 e. The van der Waals surface area contributed by atoms with E-state index in [9.17, 15) is 27.0 Å². The Labute approximate surface area is 292 Å². The predicted molar refractivity (Wildman–Crippen MR) is 194 cm³/mol. The van der Waals surface area contributed by atoms with Gasteiger partial charge in [-0.2, -0.15) is 16.5 Å². The zero-order valence-corrected chi connectivity index (χ0v) is 30.8. The first kappa shape index (κ1) is 38.1. The number of rotatable bonds is 19. The summed E-state index contributed by atoms with van der Waals surface area (Å²) in [4.78, 5) is 39.2. The lowest BCUT2D eigenvalue weighted by Gasteiger charge is -2.20. The fourth-order valence-electron chi connectivity index (χ4n) is 5.95. The average molecular weight is 743 g/mol. The van der Waals surface area contributed by atoms with Crippen molar-refractivity contribution in [3.05, 3.63) is 36.4 Å². The smallest absolute Gasteiger partial charge is 0.315 e. The van der Waals surface area contributed by atoms with Gasteiger partial charge >= 0.3 is 6.03 Å². The highest BCUT2D eigenvalue weighted by Crippen LogP contribution is 2.33. The van der Waals surface area contributed by atoms with Gasteiger partial charge in [0.05, 0.1) is 29.8 Å². The quantitative estimate of drug-likeness (QED) is 0.106. The Hall–Kier alpha value is -2.70. The van der Waals surface area contributed by atoms with Crippen LogP contribution in [-0.2, 0) is 43.8 Å². The Balaban J connectivity index is 1.29. The van der Waals surface area contributed by atoms with Crippen LogP contribution in [0.5, 0.6) is 0 Å². The van der Waals surface area contributed by atoms with Gasteiger partial charge in [-0.25, -0.2) is 17.4 Å². The molecular formula is C31H46N6O7S4. The van der Waals surface area contributed by atoms with E-state index in [4.69, 9.17) is 15.4 Å². The van der Waals surface area contributed by atoms with Crippen molar-refractivity contribution in [2.75, 3.05) is 50.7 Å². The van der Waals surface area contributed by atoms with Crippen molar-refractivity contribution in [2.45, 2.75) is 73.2 Å². The molecule has 2 aromatic carbocycles. The molecule has 2 fully saturated rings. The molecule has 13 nitrogen and oxygen atoms in total. The van der Waals surface area contributed by atoms with Crippen molar-refractivity contribution in [1.29, 1.82) is 0 Å². The lowest BCUT2D eigenvalue weighted by atomic mass is 10.0. The van der Waals surface area contributed by atoms with Gasteiger partial charge in [0, 0.05) is 72.3 Å². The summed E-state index contributed by atoms with van der Waals surface area (Å²) in [6, 6.07) is 9.57. The van der Waals surface area contributed by atoms with Gasteiger partial charge in [-0.1, -0.05) is 30.7 Å². The van der Waals surface area contributed by atoms with Gasteiger partial charge < -0.3 is 26.2 Å². The molecule has 5 atom stereocenters. The summed E-state index contributed by atoms with van der Waals surface area (Å²) < 4.78 is 46.9. The maximum absolute atomic E-state index is 13.7. The van der Waals surface area contributed by atoms with Gasteiger partial charge in [-0.05, 0) is 44.2 Å². The zero-order chi connectivity index (χ0) is 34.9. The largest absolute Gasteiger partial charge is 0.377 e. The number of carbonyl (C=O) groups is 3. The van der Waals surface area contributed by atoms with Crippen molar-refractivity contribution in [3.8, 4) is 0 Å². The summed E-state index contributed by atoms with van der Waals surface area (Å²) in [5.41, 5.74) is 0.856. The monoisotopic (exact) mass is 742 g/mol. The van der Waals surface area contributed by atoms with Gasteiger partial charge in [0.15, 0.2) is 0 Å². The SMILES string of the molecule is COS(=O)(=S)CCNC(=O)[C@H](CCCCNC(=O)CCCC[C@@H]1SC[C@@H]2NC(=O)N[C@@H]21)NS(=O)(=O)c1cccc2c(N(C)C)cccc12. The van der Waals surface area contributed by atoms with Crippen molar-refractivity contribution in [1.82, 2.24) is 26.0 Å². The highest BCUT2D eigenvalue weighted by molar-refractivity contribution is 8.30. The van der Waals surface area contributed by atoms with Crippen molar-refractivity contribution in [2.24, 2.45) is 0 Å². The van der Waals surface area contributed by atoms with Gasteiger partial charge in [-0.15, -0.1) is 0 Å². The molecule has 2 aliphatic heterocycles. The molecule has 266 valence electrons. The number of nitrogens with one attached hydrogen (secondary N) is 5. The van der Waals surface area contributed by atoms with Crippen LogP contribution in [0, 0.1) is 0 Å². The van der Waals surface area contributed by atoms with Gasteiger partial charge in [0.2, 0.25) is 21.8 Å². The Morgan fingerprint density at radius 3 is 2.52 bits per heavy atom. The van der Waals surface area contributed by atoms with Crippen LogP contribution < -0.4 is 30.9 Å². The number of urea groups is 1. The first-order chi connectivity index (χ1) is 22.8. The van der Waals surface area contributed by atoms with Crippen molar-refractivity contribution >= 4 is 76.1 Å². The standard InChI is InChI=1S/C31H46N6O7S4/c1-37(2)25-13-8-11-22-21(25)10-9-15-27(22)48(42,43)36-23(30(39)33-18-19-47(41,45)44-3)12-6-7-17-32-28(38)16-5-4-14-26-29-24(20-46-26)34-31(40)35-29/h8-11,13,15,23-24,26,29,36H,4-7,12,14,16-20H2,1-3H3,(H,32,38)(H,33,39)(H2,34,35,40)/t23-,24-,26-,29-,47?/m0/s1. The molecule has 48 heavy (non-hydrogen) atoms. The number of amides is 4. The Kier molecular flexibility index (Phi) is 13.7. The Bertz CT molecular complexity index is 1670. The highest BCUT2D eigenvalue weighted by atomic mass is 32.8. The molecule has 2 aliphatic rings. The van der Waals surface area contributed by atoms with E-state index in [-0.39, 0.29) is 47.6 Å². The molecule has 0 radical (unpaired) electrons. The molecule has 0 aliphatic carbocycles. The molecule has 0 spiro atoms. The summed E-state index contributed by atoms with van der Waals surface area (Å²) in [6.45, 7) is 0.346. The van der Waals surface area contributed by atoms with E-state index in [1.165, 1.54) is 13.2 Å². The van der Waals surface area contributed by atoms with Crippen LogP contribution in [0.2, 0.25) is 0 Å². The third-order valence-corrected chi connectivity index (χ3v) is 13.6. The van der Waals surface area contributed by atoms with Crippen molar-refractivity contribution in [3.63, 3.8) is 0 Å². The maximum atomic E-state index is 13.7. The van der Waals surface area contributed by atoms with Gasteiger partial charge in [0.1, 0.15) is 14.8 Å². The van der Waals surface area contributed by atoms with E-state index in [1.807, 2.05) is 42.9 Å². The number of carbonyl (C=O) groups excluding carboxylic acids is 3. The molecule has 0 bridgehead atoms. The second-order valence-electron chi connectivity index (χ2n) is 12.1. The van der Waals surface area contributed by atoms with Gasteiger partial charge in [-0.3, -0.25) is 13.8 Å².